The second-order valence-corrected chi connectivity index (χ2v) is 4.26. The fourth-order valence-electron chi connectivity index (χ4n) is 1.53. The molecule has 0 fully saturated rings. The Hall–Kier alpha value is -1.36. The summed E-state index contributed by atoms with van der Waals surface area (Å²) in [5.41, 5.74) is 1.64. The summed E-state index contributed by atoms with van der Waals surface area (Å²) in [4.78, 5) is 11.4. The van der Waals surface area contributed by atoms with E-state index in [1.54, 1.807) is 6.92 Å². The Morgan fingerprint density at radius 2 is 2.38 bits per heavy atom. The molecule has 5 heteroatoms. The van der Waals surface area contributed by atoms with E-state index in [1.165, 1.54) is 0 Å². The molecule has 0 saturated heterocycles. The molecule has 2 rings (SSSR count). The number of carbonyl (C=O) groups is 1. The van der Waals surface area contributed by atoms with Crippen LogP contribution in [0.2, 0.25) is 0 Å². The smallest absolute Gasteiger partial charge is 0.311 e. The van der Waals surface area contributed by atoms with Crippen molar-refractivity contribution in [3.05, 3.63) is 28.4 Å². The van der Waals surface area contributed by atoms with Crippen molar-refractivity contribution in [2.24, 2.45) is 0 Å². The van der Waals surface area contributed by atoms with Gasteiger partial charge in [0, 0.05) is 9.86 Å². The highest BCUT2D eigenvalue weighted by Crippen LogP contribution is 2.21. The zero-order chi connectivity index (χ0) is 11.5. The third-order valence-corrected chi connectivity index (χ3v) is 2.71. The Balaban J connectivity index is 2.30. The Labute approximate surface area is 101 Å². The number of hydrogen-bond donors (Lipinski definition) is 1. The molecule has 1 N–H and O–H groups in total. The van der Waals surface area contributed by atoms with Crippen LogP contribution < -0.4 is 0 Å². The molecule has 0 aliphatic rings. The first kappa shape index (κ1) is 11.1. The van der Waals surface area contributed by atoms with Gasteiger partial charge in [0.15, 0.2) is 0 Å². The third-order valence-electron chi connectivity index (χ3n) is 2.22. The van der Waals surface area contributed by atoms with Crippen molar-refractivity contribution in [1.82, 2.24) is 10.2 Å². The lowest BCUT2D eigenvalue weighted by Gasteiger charge is -2.00. The van der Waals surface area contributed by atoms with E-state index in [0.717, 1.165) is 21.1 Å². The van der Waals surface area contributed by atoms with Crippen molar-refractivity contribution in [2.75, 3.05) is 6.61 Å². The standard InChI is InChI=1S/C11H11BrN2O2/c1-2-16-11(15)6-10-8-5-7(12)3-4-9(8)13-14-10/h3-5H,2,6H2,1H3,(H,13,14). The number of nitrogens with zero attached hydrogens (tertiary/aromatic N) is 1. The van der Waals surface area contributed by atoms with E-state index < -0.39 is 0 Å². The van der Waals surface area contributed by atoms with E-state index in [9.17, 15) is 4.79 Å². The predicted octanol–water partition coefficient (Wildman–Crippen LogP) is 2.43. The van der Waals surface area contributed by atoms with Gasteiger partial charge in [0.1, 0.15) is 0 Å². The summed E-state index contributed by atoms with van der Waals surface area (Å²) in [5.74, 6) is -0.243. The highest BCUT2D eigenvalue weighted by atomic mass is 79.9. The molecule has 0 amide bonds. The molecule has 0 unspecified atom stereocenters. The number of halogens is 1. The lowest BCUT2D eigenvalue weighted by atomic mass is 10.2. The minimum atomic E-state index is -0.243. The molecule has 1 heterocycles. The molecule has 0 aliphatic heterocycles. The average molecular weight is 283 g/mol. The van der Waals surface area contributed by atoms with Crippen LogP contribution in [0.1, 0.15) is 12.6 Å². The molecule has 4 nitrogen and oxygen atoms in total. The van der Waals surface area contributed by atoms with E-state index in [1.807, 2.05) is 18.2 Å². The van der Waals surface area contributed by atoms with E-state index in [2.05, 4.69) is 26.1 Å². The van der Waals surface area contributed by atoms with Gasteiger partial charge in [-0.1, -0.05) is 15.9 Å². The van der Waals surface area contributed by atoms with Gasteiger partial charge in [-0.3, -0.25) is 9.89 Å². The summed E-state index contributed by atoms with van der Waals surface area (Å²) in [6, 6.07) is 5.75. The summed E-state index contributed by atoms with van der Waals surface area (Å²) in [6.07, 6.45) is 0.223. The number of benzene rings is 1. The molecular weight excluding hydrogens is 272 g/mol. The zero-order valence-electron chi connectivity index (χ0n) is 8.79. The largest absolute Gasteiger partial charge is 0.466 e. The van der Waals surface area contributed by atoms with E-state index in [4.69, 9.17) is 4.74 Å². The first-order chi connectivity index (χ1) is 7.70. The van der Waals surface area contributed by atoms with Crippen LogP contribution in [0.15, 0.2) is 22.7 Å². The number of ether oxygens (including phenoxy) is 1. The number of carbonyl (C=O) groups excluding carboxylic acids is 1. The number of H-pyrrole nitrogens is 1. The lowest BCUT2D eigenvalue weighted by Crippen LogP contribution is -2.07. The first-order valence-electron chi connectivity index (χ1n) is 4.99. The number of rotatable bonds is 3. The molecule has 1 aromatic carbocycles. The molecule has 0 bridgehead atoms. The van der Waals surface area contributed by atoms with Crippen molar-refractivity contribution in [3.63, 3.8) is 0 Å². The molecule has 84 valence electrons. The third kappa shape index (κ3) is 2.24. The van der Waals surface area contributed by atoms with Crippen LogP contribution in [0.4, 0.5) is 0 Å². The minimum absolute atomic E-state index is 0.223. The summed E-state index contributed by atoms with van der Waals surface area (Å²) >= 11 is 3.39. The molecule has 0 saturated carbocycles. The normalized spacial score (nSPS) is 10.6. The van der Waals surface area contributed by atoms with Gasteiger partial charge in [-0.05, 0) is 25.1 Å². The highest BCUT2D eigenvalue weighted by Gasteiger charge is 2.10. The fourth-order valence-corrected chi connectivity index (χ4v) is 1.89. The van der Waals surface area contributed by atoms with Gasteiger partial charge in [0.05, 0.1) is 24.2 Å². The van der Waals surface area contributed by atoms with Crippen LogP contribution in [0.25, 0.3) is 10.9 Å². The monoisotopic (exact) mass is 282 g/mol. The first-order valence-corrected chi connectivity index (χ1v) is 5.78. The van der Waals surface area contributed by atoms with Gasteiger partial charge >= 0.3 is 5.97 Å². The molecule has 1 aromatic heterocycles. The number of nitrogens with one attached hydrogen (secondary N) is 1. The number of esters is 1. The number of aromatic amines is 1. The Morgan fingerprint density at radius 3 is 3.12 bits per heavy atom. The van der Waals surface area contributed by atoms with E-state index in [0.29, 0.717) is 6.61 Å². The number of hydrogen-bond acceptors (Lipinski definition) is 3. The zero-order valence-corrected chi connectivity index (χ0v) is 10.4. The van der Waals surface area contributed by atoms with Gasteiger partial charge in [0.25, 0.3) is 0 Å². The van der Waals surface area contributed by atoms with E-state index in [-0.39, 0.29) is 12.4 Å². The minimum Gasteiger partial charge on any atom is -0.466 e. The summed E-state index contributed by atoms with van der Waals surface area (Å²) in [5, 5.41) is 7.92. The Bertz CT molecular complexity index is 522. The van der Waals surface area contributed by atoms with Gasteiger partial charge in [-0.15, -0.1) is 0 Å². The van der Waals surface area contributed by atoms with Crippen LogP contribution in [0.3, 0.4) is 0 Å². The topological polar surface area (TPSA) is 55.0 Å². The Kier molecular flexibility index (Phi) is 3.24. The fraction of sp³-hybridized carbons (Fsp3) is 0.273. The van der Waals surface area contributed by atoms with E-state index >= 15 is 0 Å². The van der Waals surface area contributed by atoms with Crippen LogP contribution in [0, 0.1) is 0 Å². The summed E-state index contributed by atoms with van der Waals surface area (Å²) < 4.78 is 5.86. The average Bonchev–Trinajstić information content (AvgIpc) is 2.61. The maximum absolute atomic E-state index is 11.4. The molecular formula is C11H11BrN2O2. The van der Waals surface area contributed by atoms with Crippen molar-refractivity contribution in [3.8, 4) is 0 Å². The lowest BCUT2D eigenvalue weighted by molar-refractivity contribution is -0.142. The van der Waals surface area contributed by atoms with Gasteiger partial charge in [-0.25, -0.2) is 0 Å². The van der Waals surface area contributed by atoms with Crippen LogP contribution >= 0.6 is 15.9 Å². The van der Waals surface area contributed by atoms with Gasteiger partial charge < -0.3 is 4.74 Å². The van der Waals surface area contributed by atoms with Crippen LogP contribution in [-0.2, 0) is 16.0 Å². The number of aromatic nitrogens is 2. The van der Waals surface area contributed by atoms with Crippen molar-refractivity contribution in [1.29, 1.82) is 0 Å². The molecule has 0 spiro atoms. The van der Waals surface area contributed by atoms with Gasteiger partial charge in [0.2, 0.25) is 0 Å². The molecule has 2 aromatic rings. The second kappa shape index (κ2) is 4.65. The van der Waals surface area contributed by atoms with Crippen molar-refractivity contribution < 1.29 is 9.53 Å². The number of fused-ring (bicyclic) bond motifs is 1. The second-order valence-electron chi connectivity index (χ2n) is 3.35. The summed E-state index contributed by atoms with van der Waals surface area (Å²) in [7, 11) is 0. The highest BCUT2D eigenvalue weighted by molar-refractivity contribution is 9.10. The maximum Gasteiger partial charge on any atom is 0.311 e. The Morgan fingerprint density at radius 1 is 1.56 bits per heavy atom. The van der Waals surface area contributed by atoms with Crippen LogP contribution in [-0.4, -0.2) is 22.8 Å². The van der Waals surface area contributed by atoms with Crippen molar-refractivity contribution >= 4 is 32.8 Å². The quantitative estimate of drug-likeness (QED) is 0.880. The molecule has 16 heavy (non-hydrogen) atoms. The maximum atomic E-state index is 11.4. The predicted molar refractivity (Wildman–Crippen MR) is 64.1 cm³/mol. The summed E-state index contributed by atoms with van der Waals surface area (Å²) in [6.45, 7) is 2.19. The molecule has 0 aliphatic carbocycles. The van der Waals surface area contributed by atoms with Gasteiger partial charge in [-0.2, -0.15) is 5.10 Å². The molecule has 0 atom stereocenters. The molecule has 0 radical (unpaired) electrons. The van der Waals surface area contributed by atoms with Crippen LogP contribution in [0.5, 0.6) is 0 Å². The SMILES string of the molecule is CCOC(=O)Cc1[nH]nc2ccc(Br)cc12. The van der Waals surface area contributed by atoms with Crippen molar-refractivity contribution in [2.45, 2.75) is 13.3 Å².